The number of benzene rings is 2. The Kier molecular flexibility index (Phi) is 5.59. The summed E-state index contributed by atoms with van der Waals surface area (Å²) >= 11 is 3.31. The van der Waals surface area contributed by atoms with Gasteiger partial charge in [-0.3, -0.25) is 0 Å². The Morgan fingerprint density at radius 3 is 2.62 bits per heavy atom. The van der Waals surface area contributed by atoms with E-state index in [1.165, 1.54) is 6.07 Å². The van der Waals surface area contributed by atoms with Crippen molar-refractivity contribution in [1.29, 1.82) is 0 Å². The van der Waals surface area contributed by atoms with Crippen LogP contribution >= 0.6 is 15.9 Å². The predicted octanol–water partition coefficient (Wildman–Crippen LogP) is 4.06. The summed E-state index contributed by atoms with van der Waals surface area (Å²) in [5.74, 6) is 0.746. The molecule has 2 aromatic rings. The molecule has 0 bridgehead atoms. The fraction of sp³-hybridized carbons (Fsp3) is 0.250. The van der Waals surface area contributed by atoms with Gasteiger partial charge < -0.3 is 14.6 Å². The van der Waals surface area contributed by atoms with Crippen molar-refractivity contribution in [3.63, 3.8) is 0 Å². The molecule has 1 N–H and O–H groups in total. The third kappa shape index (κ3) is 4.19. The first-order chi connectivity index (χ1) is 10.1. The van der Waals surface area contributed by atoms with E-state index in [9.17, 15) is 4.39 Å². The highest BCUT2D eigenvalue weighted by Gasteiger charge is 2.09. The summed E-state index contributed by atoms with van der Waals surface area (Å²) in [6.07, 6.45) is 0. The molecule has 21 heavy (non-hydrogen) atoms. The normalized spacial score (nSPS) is 10.5. The van der Waals surface area contributed by atoms with E-state index in [0.717, 1.165) is 10.0 Å². The monoisotopic (exact) mass is 354 g/mol. The first-order valence-corrected chi connectivity index (χ1v) is 7.36. The molecule has 0 heterocycles. The Balaban J connectivity index is 2.17. The van der Waals surface area contributed by atoms with Crippen molar-refractivity contribution in [1.82, 2.24) is 0 Å². The molecular formula is C16H16BrFO3. The first kappa shape index (κ1) is 15.8. The van der Waals surface area contributed by atoms with Gasteiger partial charge in [0.2, 0.25) is 0 Å². The number of rotatable bonds is 6. The topological polar surface area (TPSA) is 38.7 Å². The van der Waals surface area contributed by atoms with Gasteiger partial charge in [0.15, 0.2) is 11.5 Å². The van der Waals surface area contributed by atoms with Crippen molar-refractivity contribution in [2.75, 3.05) is 6.61 Å². The minimum absolute atomic E-state index is 0.0688. The second kappa shape index (κ2) is 7.43. The molecular weight excluding hydrogens is 339 g/mol. The molecule has 0 aliphatic heterocycles. The van der Waals surface area contributed by atoms with Gasteiger partial charge >= 0.3 is 0 Å². The maximum absolute atomic E-state index is 13.7. The Bertz CT molecular complexity index is 616. The zero-order valence-electron chi connectivity index (χ0n) is 11.6. The molecule has 2 rings (SSSR count). The Morgan fingerprint density at radius 1 is 1.10 bits per heavy atom. The Labute approximate surface area is 131 Å². The molecule has 0 spiro atoms. The number of hydrogen-bond acceptors (Lipinski definition) is 3. The summed E-state index contributed by atoms with van der Waals surface area (Å²) in [6, 6.07) is 9.89. The van der Waals surface area contributed by atoms with E-state index >= 15 is 0 Å². The van der Waals surface area contributed by atoms with E-state index in [1.54, 1.807) is 30.3 Å². The summed E-state index contributed by atoms with van der Waals surface area (Å²) in [6.45, 7) is 2.38. The molecule has 0 radical (unpaired) electrons. The van der Waals surface area contributed by atoms with Crippen LogP contribution in [0, 0.1) is 5.82 Å². The van der Waals surface area contributed by atoms with Gasteiger partial charge in [-0.25, -0.2) is 4.39 Å². The largest absolute Gasteiger partial charge is 0.490 e. The van der Waals surface area contributed by atoms with Crippen molar-refractivity contribution in [2.45, 2.75) is 20.1 Å². The van der Waals surface area contributed by atoms with E-state index in [1.807, 2.05) is 6.92 Å². The van der Waals surface area contributed by atoms with Crippen LogP contribution in [0.5, 0.6) is 11.5 Å². The minimum atomic E-state index is -0.317. The van der Waals surface area contributed by atoms with Crippen molar-refractivity contribution in [3.05, 3.63) is 57.8 Å². The zero-order valence-corrected chi connectivity index (χ0v) is 13.2. The van der Waals surface area contributed by atoms with Gasteiger partial charge in [0.05, 0.1) is 13.2 Å². The molecule has 0 amide bonds. The smallest absolute Gasteiger partial charge is 0.161 e. The third-order valence-corrected chi connectivity index (χ3v) is 3.37. The lowest BCUT2D eigenvalue weighted by molar-refractivity contribution is 0.261. The lowest BCUT2D eigenvalue weighted by atomic mass is 10.2. The Hall–Kier alpha value is -1.59. The van der Waals surface area contributed by atoms with Crippen LogP contribution in [-0.2, 0) is 13.2 Å². The fourth-order valence-corrected chi connectivity index (χ4v) is 2.26. The highest BCUT2D eigenvalue weighted by molar-refractivity contribution is 9.10. The van der Waals surface area contributed by atoms with Crippen LogP contribution in [0.1, 0.15) is 18.1 Å². The van der Waals surface area contributed by atoms with Crippen LogP contribution in [0.15, 0.2) is 40.9 Å². The first-order valence-electron chi connectivity index (χ1n) is 6.57. The maximum atomic E-state index is 13.7. The summed E-state index contributed by atoms with van der Waals surface area (Å²) in [4.78, 5) is 0. The molecule has 0 saturated carbocycles. The van der Waals surface area contributed by atoms with Crippen LogP contribution in [0.2, 0.25) is 0 Å². The van der Waals surface area contributed by atoms with Crippen LogP contribution in [0.3, 0.4) is 0 Å². The summed E-state index contributed by atoms with van der Waals surface area (Å²) in [5, 5.41) is 9.14. The van der Waals surface area contributed by atoms with Crippen molar-refractivity contribution < 1.29 is 19.0 Å². The summed E-state index contributed by atoms with van der Waals surface area (Å²) < 4.78 is 25.6. The molecule has 0 aliphatic carbocycles. The number of ether oxygens (including phenoxy) is 2. The van der Waals surface area contributed by atoms with Crippen molar-refractivity contribution in [3.8, 4) is 11.5 Å². The molecule has 0 fully saturated rings. The fourth-order valence-electron chi connectivity index (χ4n) is 1.85. The van der Waals surface area contributed by atoms with Crippen LogP contribution in [-0.4, -0.2) is 11.7 Å². The SMILES string of the molecule is CCOc1cc(CO)ccc1OCc1cc(Br)ccc1F. The van der Waals surface area contributed by atoms with Gasteiger partial charge in [-0.1, -0.05) is 22.0 Å². The van der Waals surface area contributed by atoms with Crippen LogP contribution in [0.25, 0.3) is 0 Å². The lowest BCUT2D eigenvalue weighted by Crippen LogP contribution is -2.02. The van der Waals surface area contributed by atoms with Gasteiger partial charge in [-0.05, 0) is 42.8 Å². The standard InChI is InChI=1S/C16H16BrFO3/c1-2-20-16-7-11(9-19)3-6-15(16)21-10-12-8-13(17)4-5-14(12)18/h3-8,19H,2,9-10H2,1H3. The Morgan fingerprint density at radius 2 is 1.90 bits per heavy atom. The average molecular weight is 355 g/mol. The van der Waals surface area contributed by atoms with Crippen LogP contribution < -0.4 is 9.47 Å². The number of hydrogen-bond donors (Lipinski definition) is 1. The highest BCUT2D eigenvalue weighted by atomic mass is 79.9. The second-order valence-electron chi connectivity index (χ2n) is 4.40. The van der Waals surface area contributed by atoms with E-state index in [2.05, 4.69) is 15.9 Å². The van der Waals surface area contributed by atoms with E-state index in [-0.39, 0.29) is 19.0 Å². The lowest BCUT2D eigenvalue weighted by Gasteiger charge is -2.13. The minimum Gasteiger partial charge on any atom is -0.490 e. The van der Waals surface area contributed by atoms with Gasteiger partial charge in [0, 0.05) is 10.0 Å². The third-order valence-electron chi connectivity index (χ3n) is 2.88. The number of aliphatic hydroxyl groups is 1. The summed E-state index contributed by atoms with van der Waals surface area (Å²) in [7, 11) is 0. The van der Waals surface area contributed by atoms with Crippen molar-refractivity contribution >= 4 is 15.9 Å². The van der Waals surface area contributed by atoms with Gasteiger partial charge in [-0.2, -0.15) is 0 Å². The predicted molar refractivity (Wildman–Crippen MR) is 82.0 cm³/mol. The molecule has 0 unspecified atom stereocenters. The van der Waals surface area contributed by atoms with Gasteiger partial charge in [0.25, 0.3) is 0 Å². The van der Waals surface area contributed by atoms with E-state index in [0.29, 0.717) is 23.7 Å². The highest BCUT2D eigenvalue weighted by Crippen LogP contribution is 2.29. The molecule has 0 saturated heterocycles. The molecule has 2 aromatic carbocycles. The molecule has 112 valence electrons. The number of aliphatic hydroxyl groups excluding tert-OH is 1. The summed E-state index contributed by atoms with van der Waals surface area (Å²) in [5.41, 5.74) is 1.19. The van der Waals surface area contributed by atoms with Gasteiger partial charge in [0.1, 0.15) is 12.4 Å². The van der Waals surface area contributed by atoms with E-state index in [4.69, 9.17) is 14.6 Å². The van der Waals surface area contributed by atoms with Crippen molar-refractivity contribution in [2.24, 2.45) is 0 Å². The zero-order chi connectivity index (χ0) is 15.2. The van der Waals surface area contributed by atoms with Gasteiger partial charge in [-0.15, -0.1) is 0 Å². The molecule has 3 nitrogen and oxygen atoms in total. The van der Waals surface area contributed by atoms with Crippen LogP contribution in [0.4, 0.5) is 4.39 Å². The molecule has 0 aliphatic rings. The second-order valence-corrected chi connectivity index (χ2v) is 5.31. The van der Waals surface area contributed by atoms with E-state index < -0.39 is 0 Å². The maximum Gasteiger partial charge on any atom is 0.161 e. The quantitative estimate of drug-likeness (QED) is 0.850. The molecule has 0 aromatic heterocycles. The molecule has 5 heteroatoms. The number of halogens is 2. The average Bonchev–Trinajstić information content (AvgIpc) is 2.49. The molecule has 0 atom stereocenters.